The quantitative estimate of drug-likeness (QED) is 0.714. The molecule has 1 unspecified atom stereocenters. The molecule has 2 aromatic rings. The van der Waals surface area contributed by atoms with E-state index in [0.29, 0.717) is 17.2 Å². The fourth-order valence-electron chi connectivity index (χ4n) is 2.88. The van der Waals surface area contributed by atoms with Gasteiger partial charge in [-0.1, -0.05) is 12.1 Å². The summed E-state index contributed by atoms with van der Waals surface area (Å²) in [6, 6.07) is 4.60. The van der Waals surface area contributed by atoms with Gasteiger partial charge in [-0.25, -0.2) is 14.2 Å². The van der Waals surface area contributed by atoms with Gasteiger partial charge < -0.3 is 15.5 Å². The Kier molecular flexibility index (Phi) is 5.43. The summed E-state index contributed by atoms with van der Waals surface area (Å²) in [6.07, 6.45) is 0. The van der Waals surface area contributed by atoms with E-state index in [-0.39, 0.29) is 0 Å². The fourth-order valence-corrected chi connectivity index (χ4v) is 3.60. The minimum Gasteiger partial charge on any atom is -0.319 e. The van der Waals surface area contributed by atoms with E-state index in [1.807, 2.05) is 24.4 Å². The van der Waals surface area contributed by atoms with E-state index in [0.717, 1.165) is 10.6 Å². The van der Waals surface area contributed by atoms with Gasteiger partial charge in [0, 0.05) is 11.9 Å². The van der Waals surface area contributed by atoms with Crippen molar-refractivity contribution in [1.82, 2.24) is 20.1 Å². The molecule has 0 aliphatic carbocycles. The van der Waals surface area contributed by atoms with E-state index < -0.39 is 35.7 Å². The number of carbonyl (C=O) groups excluding carboxylic acids is 3. The molecule has 2 heterocycles. The highest BCUT2D eigenvalue weighted by atomic mass is 32.1. The monoisotopic (exact) mass is 405 g/mol. The summed E-state index contributed by atoms with van der Waals surface area (Å²) in [7, 11) is 3.82. The number of halogens is 1. The zero-order chi connectivity index (χ0) is 20.5. The zero-order valence-corrected chi connectivity index (χ0v) is 16.5. The highest BCUT2D eigenvalue weighted by Crippen LogP contribution is 2.29. The van der Waals surface area contributed by atoms with Crippen molar-refractivity contribution in [3.8, 4) is 0 Å². The van der Waals surface area contributed by atoms with Gasteiger partial charge in [0.05, 0.1) is 5.69 Å². The topological polar surface area (TPSA) is 94.6 Å². The van der Waals surface area contributed by atoms with Gasteiger partial charge in [-0.2, -0.15) is 0 Å². The summed E-state index contributed by atoms with van der Waals surface area (Å²) in [6.45, 7) is 1.71. The third kappa shape index (κ3) is 4.02. The van der Waals surface area contributed by atoms with Crippen LogP contribution in [0.5, 0.6) is 0 Å². The number of thiazole rings is 1. The Hall–Kier alpha value is -2.85. The van der Waals surface area contributed by atoms with Crippen molar-refractivity contribution in [2.45, 2.75) is 19.0 Å². The number of hydrogen-bond acceptors (Lipinski definition) is 6. The lowest BCUT2D eigenvalue weighted by molar-refractivity contribution is -0.133. The molecule has 3 rings (SSSR count). The van der Waals surface area contributed by atoms with E-state index in [2.05, 4.69) is 15.6 Å². The number of hydrogen-bond donors (Lipinski definition) is 2. The number of urea groups is 1. The molecule has 28 heavy (non-hydrogen) atoms. The van der Waals surface area contributed by atoms with Crippen LogP contribution in [0.4, 0.5) is 14.3 Å². The first kappa shape index (κ1) is 19.9. The molecule has 1 aromatic carbocycles. The summed E-state index contributed by atoms with van der Waals surface area (Å²) < 4.78 is 13.2. The number of imide groups is 1. The maximum Gasteiger partial charge on any atom is 0.325 e. The van der Waals surface area contributed by atoms with Crippen LogP contribution in [-0.2, 0) is 21.7 Å². The molecule has 1 fully saturated rings. The molecule has 1 atom stereocenters. The minimum absolute atomic E-state index is 0.398. The maximum absolute atomic E-state index is 13.2. The summed E-state index contributed by atoms with van der Waals surface area (Å²) in [5.41, 5.74) is -0.113. The smallest absolute Gasteiger partial charge is 0.319 e. The predicted molar refractivity (Wildman–Crippen MR) is 102 cm³/mol. The van der Waals surface area contributed by atoms with Crippen LogP contribution in [-0.4, -0.2) is 53.3 Å². The summed E-state index contributed by atoms with van der Waals surface area (Å²) in [4.78, 5) is 44.4. The standard InChI is InChI=1S/C18H20FN5O3S/c1-18(11-4-6-12(19)7-5-11)15(26)24(17(27)22-18)9-14(25)21-16-20-13(10-28-16)8-23(2)3/h4-7,10H,8-9H2,1-3H3,(H,22,27)(H,20,21,25). The molecule has 1 aliphatic heterocycles. The Morgan fingerprint density at radius 3 is 2.64 bits per heavy atom. The van der Waals surface area contributed by atoms with Crippen molar-refractivity contribution in [1.29, 1.82) is 0 Å². The number of anilines is 1. The van der Waals surface area contributed by atoms with Crippen molar-refractivity contribution in [2.24, 2.45) is 0 Å². The Labute approximate surface area is 165 Å². The van der Waals surface area contributed by atoms with Crippen molar-refractivity contribution < 1.29 is 18.8 Å². The lowest BCUT2D eigenvalue weighted by Crippen LogP contribution is -2.42. The maximum atomic E-state index is 13.2. The predicted octanol–water partition coefficient (Wildman–Crippen LogP) is 1.75. The minimum atomic E-state index is -1.36. The molecule has 0 radical (unpaired) electrons. The molecule has 148 valence electrons. The van der Waals surface area contributed by atoms with Crippen LogP contribution in [0.2, 0.25) is 0 Å². The fraction of sp³-hybridized carbons (Fsp3) is 0.333. The molecular weight excluding hydrogens is 385 g/mol. The number of aromatic nitrogens is 1. The second-order valence-electron chi connectivity index (χ2n) is 6.88. The van der Waals surface area contributed by atoms with Crippen LogP contribution in [0.1, 0.15) is 18.2 Å². The van der Waals surface area contributed by atoms with E-state index in [9.17, 15) is 18.8 Å². The molecule has 1 aromatic heterocycles. The largest absolute Gasteiger partial charge is 0.325 e. The Morgan fingerprint density at radius 1 is 1.32 bits per heavy atom. The van der Waals surface area contributed by atoms with Crippen LogP contribution in [0.3, 0.4) is 0 Å². The summed E-state index contributed by atoms with van der Waals surface area (Å²) in [5.74, 6) is -1.55. The summed E-state index contributed by atoms with van der Waals surface area (Å²) in [5, 5.41) is 7.41. The van der Waals surface area contributed by atoms with Crippen LogP contribution < -0.4 is 10.6 Å². The molecule has 1 saturated heterocycles. The van der Waals surface area contributed by atoms with E-state index in [1.165, 1.54) is 42.5 Å². The lowest BCUT2D eigenvalue weighted by Gasteiger charge is -2.22. The average Bonchev–Trinajstić information content (AvgIpc) is 3.13. The number of benzene rings is 1. The number of rotatable bonds is 6. The van der Waals surface area contributed by atoms with Gasteiger partial charge in [-0.05, 0) is 38.7 Å². The zero-order valence-electron chi connectivity index (χ0n) is 15.7. The molecule has 0 saturated carbocycles. The van der Waals surface area contributed by atoms with E-state index in [4.69, 9.17) is 0 Å². The van der Waals surface area contributed by atoms with Crippen LogP contribution in [0.25, 0.3) is 0 Å². The van der Waals surface area contributed by atoms with Crippen molar-refractivity contribution in [3.05, 3.63) is 46.7 Å². The van der Waals surface area contributed by atoms with Gasteiger partial charge in [-0.15, -0.1) is 11.3 Å². The Bertz CT molecular complexity index is 914. The lowest BCUT2D eigenvalue weighted by atomic mass is 9.92. The number of nitrogens with zero attached hydrogens (tertiary/aromatic N) is 3. The number of nitrogens with one attached hydrogen (secondary N) is 2. The SMILES string of the molecule is CN(C)Cc1csc(NC(=O)CN2C(=O)NC(C)(c3ccc(F)cc3)C2=O)n1. The number of amides is 4. The average molecular weight is 405 g/mol. The molecule has 10 heteroatoms. The molecule has 0 spiro atoms. The first-order chi connectivity index (χ1) is 13.2. The van der Waals surface area contributed by atoms with Gasteiger partial charge in [0.1, 0.15) is 17.9 Å². The second-order valence-corrected chi connectivity index (χ2v) is 7.74. The second kappa shape index (κ2) is 7.64. The summed E-state index contributed by atoms with van der Waals surface area (Å²) >= 11 is 1.27. The Morgan fingerprint density at radius 2 is 2.00 bits per heavy atom. The highest BCUT2D eigenvalue weighted by Gasteiger charge is 2.49. The van der Waals surface area contributed by atoms with E-state index >= 15 is 0 Å². The molecule has 4 amide bonds. The van der Waals surface area contributed by atoms with Crippen LogP contribution >= 0.6 is 11.3 Å². The first-order valence-electron chi connectivity index (χ1n) is 8.48. The first-order valence-corrected chi connectivity index (χ1v) is 9.36. The van der Waals surface area contributed by atoms with Gasteiger partial charge in [0.15, 0.2) is 5.13 Å². The third-order valence-electron chi connectivity index (χ3n) is 4.27. The number of carbonyl (C=O) groups is 3. The third-order valence-corrected chi connectivity index (χ3v) is 5.08. The van der Waals surface area contributed by atoms with Crippen molar-refractivity contribution in [3.63, 3.8) is 0 Å². The van der Waals surface area contributed by atoms with Gasteiger partial charge in [0.2, 0.25) is 5.91 Å². The highest BCUT2D eigenvalue weighted by molar-refractivity contribution is 7.13. The van der Waals surface area contributed by atoms with Gasteiger partial charge in [0.25, 0.3) is 5.91 Å². The molecule has 2 N–H and O–H groups in total. The van der Waals surface area contributed by atoms with Crippen LogP contribution in [0.15, 0.2) is 29.6 Å². The van der Waals surface area contributed by atoms with E-state index in [1.54, 1.807) is 0 Å². The molecular formula is C18H20FN5O3S. The molecule has 1 aliphatic rings. The molecule has 8 nitrogen and oxygen atoms in total. The molecule has 0 bridgehead atoms. The van der Waals surface area contributed by atoms with Gasteiger partial charge in [-0.3, -0.25) is 14.5 Å². The van der Waals surface area contributed by atoms with Crippen LogP contribution in [0, 0.1) is 5.82 Å². The van der Waals surface area contributed by atoms with Crippen molar-refractivity contribution in [2.75, 3.05) is 26.0 Å². The van der Waals surface area contributed by atoms with Gasteiger partial charge >= 0.3 is 6.03 Å². The normalized spacial score (nSPS) is 19.2. The Balaban J connectivity index is 1.67. The van der Waals surface area contributed by atoms with Crippen molar-refractivity contribution >= 4 is 34.3 Å².